The van der Waals surface area contributed by atoms with Crippen LogP contribution in [0.3, 0.4) is 0 Å². The van der Waals surface area contributed by atoms with E-state index in [0.29, 0.717) is 43.0 Å². The quantitative estimate of drug-likeness (QED) is 0.581. The number of nitrogens with zero attached hydrogens (tertiary/aromatic N) is 4. The van der Waals surface area contributed by atoms with Crippen LogP contribution in [-0.2, 0) is 4.79 Å². The number of ether oxygens (including phenoxy) is 1. The number of amides is 1. The summed E-state index contributed by atoms with van der Waals surface area (Å²) < 4.78 is 10.6. The summed E-state index contributed by atoms with van der Waals surface area (Å²) in [6.45, 7) is 2.43. The van der Waals surface area contributed by atoms with Gasteiger partial charge in [-0.25, -0.2) is 0 Å². The fraction of sp³-hybridized carbons (Fsp3) is 0.227. The number of halogens is 1. The summed E-state index contributed by atoms with van der Waals surface area (Å²) in [6.07, 6.45) is 3.41. The number of methoxy groups -OCH3 is 1. The first kappa shape index (κ1) is 20.0. The van der Waals surface area contributed by atoms with Gasteiger partial charge in [0.2, 0.25) is 11.7 Å². The summed E-state index contributed by atoms with van der Waals surface area (Å²) in [6, 6.07) is 15.3. The van der Waals surface area contributed by atoms with E-state index in [9.17, 15) is 4.79 Å². The van der Waals surface area contributed by atoms with Crippen LogP contribution >= 0.6 is 11.6 Å². The molecule has 0 aliphatic carbocycles. The molecule has 3 aromatic rings. The van der Waals surface area contributed by atoms with Gasteiger partial charge in [0.15, 0.2) is 0 Å². The Morgan fingerprint density at radius 2 is 1.77 bits per heavy atom. The molecule has 0 saturated carbocycles. The van der Waals surface area contributed by atoms with Crippen LogP contribution in [0.5, 0.6) is 5.75 Å². The third-order valence-corrected chi connectivity index (χ3v) is 5.17. The first-order chi connectivity index (χ1) is 14.6. The lowest BCUT2D eigenvalue weighted by Gasteiger charge is -2.32. The van der Waals surface area contributed by atoms with Crippen molar-refractivity contribution in [2.75, 3.05) is 38.2 Å². The van der Waals surface area contributed by atoms with E-state index in [1.165, 1.54) is 0 Å². The predicted molar refractivity (Wildman–Crippen MR) is 116 cm³/mol. The summed E-state index contributed by atoms with van der Waals surface area (Å²) in [4.78, 5) is 20.8. The van der Waals surface area contributed by atoms with Gasteiger partial charge in [-0.05, 0) is 48.0 Å². The Kier molecular flexibility index (Phi) is 5.99. The maximum absolute atomic E-state index is 12.5. The number of piperazine rings is 1. The van der Waals surface area contributed by atoms with Crippen molar-refractivity contribution in [1.29, 1.82) is 0 Å². The average Bonchev–Trinajstić information content (AvgIpc) is 3.29. The molecule has 2 heterocycles. The molecule has 1 aliphatic rings. The van der Waals surface area contributed by atoms with Crippen LogP contribution in [0.2, 0.25) is 5.02 Å². The van der Waals surface area contributed by atoms with Crippen LogP contribution in [-0.4, -0.2) is 54.2 Å². The summed E-state index contributed by atoms with van der Waals surface area (Å²) in [7, 11) is 1.63. The van der Waals surface area contributed by atoms with Crippen molar-refractivity contribution in [2.24, 2.45) is 0 Å². The second kappa shape index (κ2) is 9.00. The Hall–Kier alpha value is -3.32. The highest BCUT2D eigenvalue weighted by Gasteiger charge is 2.23. The van der Waals surface area contributed by atoms with Gasteiger partial charge in [-0.2, -0.15) is 4.98 Å². The van der Waals surface area contributed by atoms with E-state index in [1.807, 2.05) is 52.3 Å². The largest absolute Gasteiger partial charge is 0.497 e. The highest BCUT2D eigenvalue weighted by atomic mass is 35.5. The molecular weight excluding hydrogens is 404 g/mol. The van der Waals surface area contributed by atoms with Crippen molar-refractivity contribution >= 4 is 29.6 Å². The molecule has 1 amide bonds. The number of benzene rings is 2. The Balaban J connectivity index is 1.32. The Morgan fingerprint density at radius 3 is 2.43 bits per heavy atom. The van der Waals surface area contributed by atoms with Crippen LogP contribution in [0.1, 0.15) is 5.56 Å². The number of carbonyl (C=O) groups is 1. The maximum atomic E-state index is 12.5. The van der Waals surface area contributed by atoms with Crippen molar-refractivity contribution in [2.45, 2.75) is 0 Å². The van der Waals surface area contributed by atoms with E-state index in [4.69, 9.17) is 20.9 Å². The SMILES string of the molecule is COc1ccc(C=CC(=O)N2CCN(c3nc(-c4ccc(Cl)cc4)no3)CC2)cc1. The minimum absolute atomic E-state index is 0.0159. The predicted octanol–water partition coefficient (Wildman–Crippen LogP) is 3.76. The molecule has 8 heteroatoms. The lowest BCUT2D eigenvalue weighted by molar-refractivity contribution is -0.126. The van der Waals surface area contributed by atoms with E-state index in [1.54, 1.807) is 25.3 Å². The number of aromatic nitrogens is 2. The zero-order valence-corrected chi connectivity index (χ0v) is 17.2. The van der Waals surface area contributed by atoms with E-state index < -0.39 is 0 Å². The van der Waals surface area contributed by atoms with Gasteiger partial charge in [0, 0.05) is 42.8 Å². The zero-order valence-electron chi connectivity index (χ0n) is 16.5. The fourth-order valence-electron chi connectivity index (χ4n) is 3.17. The van der Waals surface area contributed by atoms with Gasteiger partial charge in [0.05, 0.1) is 7.11 Å². The molecule has 1 aliphatic heterocycles. The van der Waals surface area contributed by atoms with Gasteiger partial charge in [0.25, 0.3) is 0 Å². The fourth-order valence-corrected chi connectivity index (χ4v) is 3.29. The van der Waals surface area contributed by atoms with Crippen LogP contribution in [0.25, 0.3) is 17.5 Å². The molecule has 4 rings (SSSR count). The van der Waals surface area contributed by atoms with E-state index in [0.717, 1.165) is 16.9 Å². The Morgan fingerprint density at radius 1 is 1.07 bits per heavy atom. The lowest BCUT2D eigenvalue weighted by Crippen LogP contribution is -2.48. The van der Waals surface area contributed by atoms with Crippen LogP contribution in [0.15, 0.2) is 59.1 Å². The maximum Gasteiger partial charge on any atom is 0.324 e. The van der Waals surface area contributed by atoms with Crippen molar-refractivity contribution in [1.82, 2.24) is 15.0 Å². The molecule has 1 fully saturated rings. The normalized spacial score (nSPS) is 14.3. The van der Waals surface area contributed by atoms with E-state index in [-0.39, 0.29) is 5.91 Å². The van der Waals surface area contributed by atoms with E-state index in [2.05, 4.69) is 10.1 Å². The molecule has 1 aromatic heterocycles. The Bertz CT molecular complexity index is 1020. The summed E-state index contributed by atoms with van der Waals surface area (Å²) in [5, 5.41) is 4.71. The molecule has 30 heavy (non-hydrogen) atoms. The summed E-state index contributed by atoms with van der Waals surface area (Å²) in [5.74, 6) is 1.29. The zero-order chi connectivity index (χ0) is 20.9. The number of hydrogen-bond donors (Lipinski definition) is 0. The molecule has 2 aromatic carbocycles. The molecular formula is C22H21ClN4O3. The molecule has 0 bridgehead atoms. The van der Waals surface area contributed by atoms with Gasteiger partial charge < -0.3 is 19.1 Å². The van der Waals surface area contributed by atoms with Gasteiger partial charge in [0.1, 0.15) is 5.75 Å². The third kappa shape index (κ3) is 4.63. The molecule has 1 saturated heterocycles. The van der Waals surface area contributed by atoms with Gasteiger partial charge in [-0.1, -0.05) is 28.9 Å². The van der Waals surface area contributed by atoms with Gasteiger partial charge in [-0.3, -0.25) is 4.79 Å². The molecule has 0 spiro atoms. The average molecular weight is 425 g/mol. The van der Waals surface area contributed by atoms with Crippen molar-refractivity contribution < 1.29 is 14.1 Å². The summed E-state index contributed by atoms with van der Waals surface area (Å²) >= 11 is 5.92. The number of rotatable bonds is 5. The van der Waals surface area contributed by atoms with Crippen molar-refractivity contribution in [3.63, 3.8) is 0 Å². The molecule has 0 radical (unpaired) electrons. The summed E-state index contributed by atoms with van der Waals surface area (Å²) in [5.41, 5.74) is 1.79. The third-order valence-electron chi connectivity index (χ3n) is 4.91. The molecule has 0 unspecified atom stereocenters. The highest BCUT2D eigenvalue weighted by molar-refractivity contribution is 6.30. The minimum Gasteiger partial charge on any atom is -0.497 e. The highest BCUT2D eigenvalue weighted by Crippen LogP contribution is 2.22. The number of carbonyl (C=O) groups excluding carboxylic acids is 1. The second-order valence-corrected chi connectivity index (χ2v) is 7.26. The van der Waals surface area contributed by atoms with Crippen LogP contribution < -0.4 is 9.64 Å². The Labute approximate surface area is 179 Å². The monoisotopic (exact) mass is 424 g/mol. The van der Waals surface area contributed by atoms with Gasteiger partial charge in [-0.15, -0.1) is 0 Å². The second-order valence-electron chi connectivity index (χ2n) is 6.83. The van der Waals surface area contributed by atoms with Crippen molar-refractivity contribution in [3.8, 4) is 17.1 Å². The standard InChI is InChI=1S/C22H21ClN4O3/c1-29-19-9-2-16(3-10-19)4-11-20(28)26-12-14-27(15-13-26)22-24-21(25-30-22)17-5-7-18(23)8-6-17/h2-11H,12-15H2,1H3. The van der Waals surface area contributed by atoms with Crippen LogP contribution in [0.4, 0.5) is 6.01 Å². The number of anilines is 1. The molecule has 0 N–H and O–H groups in total. The lowest BCUT2D eigenvalue weighted by atomic mass is 10.2. The minimum atomic E-state index is -0.0159. The number of hydrogen-bond acceptors (Lipinski definition) is 6. The topological polar surface area (TPSA) is 71.7 Å². The van der Waals surface area contributed by atoms with Gasteiger partial charge >= 0.3 is 6.01 Å². The first-order valence-electron chi connectivity index (χ1n) is 9.58. The van der Waals surface area contributed by atoms with Crippen LogP contribution in [0, 0.1) is 0 Å². The molecule has 154 valence electrons. The van der Waals surface area contributed by atoms with E-state index >= 15 is 0 Å². The molecule has 7 nitrogen and oxygen atoms in total. The first-order valence-corrected chi connectivity index (χ1v) is 9.96. The van der Waals surface area contributed by atoms with Crippen molar-refractivity contribution in [3.05, 3.63) is 65.2 Å². The molecule has 0 atom stereocenters. The smallest absolute Gasteiger partial charge is 0.324 e.